The molecule has 1 unspecified atom stereocenters. The molecule has 0 aromatic heterocycles. The van der Waals surface area contributed by atoms with Crippen LogP contribution in [0.1, 0.15) is 12.8 Å². The average molecular weight is 250 g/mol. The smallest absolute Gasteiger partial charge is 0.410 e. The number of ether oxygens (including phenoxy) is 1. The molecule has 1 heterocycles. The van der Waals surface area contributed by atoms with E-state index in [0.717, 1.165) is 12.8 Å². The first-order valence-electron chi connectivity index (χ1n) is 4.14. The van der Waals surface area contributed by atoms with E-state index in [1.165, 1.54) is 12.0 Å². The van der Waals surface area contributed by atoms with Crippen LogP contribution in [0.5, 0.6) is 0 Å². The fourth-order valence-electron chi connectivity index (χ4n) is 1.53. The Morgan fingerprint density at radius 2 is 2.31 bits per heavy atom. The molecular weight excluding hydrogens is 238 g/mol. The van der Waals surface area contributed by atoms with Gasteiger partial charge in [0.2, 0.25) is 0 Å². The van der Waals surface area contributed by atoms with Crippen molar-refractivity contribution in [2.45, 2.75) is 18.9 Å². The molecule has 1 aliphatic rings. The van der Waals surface area contributed by atoms with Crippen LogP contribution in [0, 0.1) is 0 Å². The molecule has 1 atom stereocenters. The summed E-state index contributed by atoms with van der Waals surface area (Å²) in [4.78, 5) is 24.0. The number of Topliss-reactive ketones (excluding diaryl/α,β-unsaturated/α-hetero) is 1. The fraction of sp³-hybridized carbons (Fsp3) is 0.750. The van der Waals surface area contributed by atoms with Gasteiger partial charge in [-0.3, -0.25) is 9.69 Å². The van der Waals surface area contributed by atoms with Gasteiger partial charge in [-0.2, -0.15) is 0 Å². The molecule has 0 N–H and O–H groups in total. The van der Waals surface area contributed by atoms with E-state index in [4.69, 9.17) is 0 Å². The maximum Gasteiger partial charge on any atom is 0.410 e. The van der Waals surface area contributed by atoms with Crippen LogP contribution in [0.15, 0.2) is 0 Å². The number of rotatable bonds is 2. The van der Waals surface area contributed by atoms with E-state index < -0.39 is 6.09 Å². The largest absolute Gasteiger partial charge is 0.453 e. The second kappa shape index (κ2) is 4.60. The summed E-state index contributed by atoms with van der Waals surface area (Å²) in [5.74, 6) is 0.0444. The Kier molecular flexibility index (Phi) is 3.71. The first kappa shape index (κ1) is 10.5. The summed E-state index contributed by atoms with van der Waals surface area (Å²) in [5, 5.41) is 0.297. The minimum atomic E-state index is -0.406. The molecule has 4 nitrogen and oxygen atoms in total. The summed E-state index contributed by atoms with van der Waals surface area (Å²) < 4.78 is 4.58. The molecule has 13 heavy (non-hydrogen) atoms. The second-order valence-electron chi connectivity index (χ2n) is 2.92. The van der Waals surface area contributed by atoms with Gasteiger partial charge < -0.3 is 4.74 Å². The van der Waals surface area contributed by atoms with Crippen LogP contribution >= 0.6 is 15.9 Å². The van der Waals surface area contributed by atoms with Crippen LogP contribution in [0.2, 0.25) is 0 Å². The van der Waals surface area contributed by atoms with E-state index in [1.807, 2.05) is 0 Å². The van der Waals surface area contributed by atoms with Gasteiger partial charge in [-0.25, -0.2) is 4.79 Å². The van der Waals surface area contributed by atoms with E-state index in [9.17, 15) is 9.59 Å². The van der Waals surface area contributed by atoms with E-state index >= 15 is 0 Å². The van der Waals surface area contributed by atoms with Gasteiger partial charge in [0, 0.05) is 6.54 Å². The molecule has 74 valence electrons. The third kappa shape index (κ3) is 2.21. The van der Waals surface area contributed by atoms with Gasteiger partial charge >= 0.3 is 6.09 Å². The Hall–Kier alpha value is -0.580. The molecular formula is C8H12BrNO3. The number of hydrogen-bond donors (Lipinski definition) is 0. The molecule has 1 saturated heterocycles. The van der Waals surface area contributed by atoms with Crippen molar-refractivity contribution in [3.63, 3.8) is 0 Å². The molecule has 1 amide bonds. The normalized spacial score (nSPS) is 21.7. The number of carbonyl (C=O) groups excluding carboxylic acids is 2. The Morgan fingerprint density at radius 1 is 1.62 bits per heavy atom. The monoisotopic (exact) mass is 249 g/mol. The predicted molar refractivity (Wildman–Crippen MR) is 50.9 cm³/mol. The third-order valence-corrected chi connectivity index (χ3v) is 2.72. The van der Waals surface area contributed by atoms with Crippen LogP contribution in [-0.4, -0.2) is 41.8 Å². The Balaban J connectivity index is 2.63. The maximum absolute atomic E-state index is 11.3. The lowest BCUT2D eigenvalue weighted by molar-refractivity contribution is -0.120. The SMILES string of the molecule is COC(=O)N1CCCC1C(=O)CBr. The molecule has 0 spiro atoms. The summed E-state index contributed by atoms with van der Waals surface area (Å²) in [6.07, 6.45) is 1.22. The van der Waals surface area contributed by atoms with Gasteiger partial charge in [-0.15, -0.1) is 0 Å². The van der Waals surface area contributed by atoms with Gasteiger partial charge in [0.05, 0.1) is 18.5 Å². The predicted octanol–water partition coefficient (Wildman–Crippen LogP) is 1.18. The highest BCUT2D eigenvalue weighted by molar-refractivity contribution is 9.09. The van der Waals surface area contributed by atoms with Gasteiger partial charge in [-0.1, -0.05) is 15.9 Å². The number of hydrogen-bond acceptors (Lipinski definition) is 3. The lowest BCUT2D eigenvalue weighted by Crippen LogP contribution is -2.40. The summed E-state index contributed by atoms with van der Waals surface area (Å²) in [7, 11) is 1.33. The highest BCUT2D eigenvalue weighted by Gasteiger charge is 2.33. The van der Waals surface area contributed by atoms with E-state index in [0.29, 0.717) is 11.9 Å². The zero-order valence-electron chi connectivity index (χ0n) is 7.46. The minimum absolute atomic E-state index is 0.0444. The van der Waals surface area contributed by atoms with Crippen LogP contribution in [0.4, 0.5) is 4.79 Å². The van der Waals surface area contributed by atoms with Crippen LogP contribution in [-0.2, 0) is 9.53 Å². The molecule has 0 aromatic carbocycles. The van der Waals surface area contributed by atoms with Crippen LogP contribution in [0.25, 0.3) is 0 Å². The van der Waals surface area contributed by atoms with E-state index in [1.54, 1.807) is 0 Å². The quantitative estimate of drug-likeness (QED) is 0.691. The van der Waals surface area contributed by atoms with E-state index in [2.05, 4.69) is 20.7 Å². The molecule has 1 fully saturated rings. The van der Waals surface area contributed by atoms with Crippen molar-refractivity contribution in [2.24, 2.45) is 0 Å². The molecule has 0 aromatic rings. The minimum Gasteiger partial charge on any atom is -0.453 e. The fourth-order valence-corrected chi connectivity index (χ4v) is 1.90. The van der Waals surface area contributed by atoms with Crippen molar-refractivity contribution >= 4 is 27.8 Å². The van der Waals surface area contributed by atoms with Gasteiger partial charge in [0.25, 0.3) is 0 Å². The van der Waals surface area contributed by atoms with Crippen molar-refractivity contribution in [3.05, 3.63) is 0 Å². The number of amides is 1. The first-order valence-corrected chi connectivity index (χ1v) is 5.26. The van der Waals surface area contributed by atoms with Crippen LogP contribution in [0.3, 0.4) is 0 Å². The number of halogens is 1. The maximum atomic E-state index is 11.3. The lowest BCUT2D eigenvalue weighted by Gasteiger charge is -2.21. The summed E-state index contributed by atoms with van der Waals surface area (Å²) >= 11 is 3.10. The van der Waals surface area contributed by atoms with Crippen molar-refractivity contribution in [1.82, 2.24) is 4.90 Å². The van der Waals surface area contributed by atoms with Crippen molar-refractivity contribution in [2.75, 3.05) is 19.0 Å². The molecule has 5 heteroatoms. The topological polar surface area (TPSA) is 46.6 Å². The standard InChI is InChI=1S/C8H12BrNO3/c1-13-8(12)10-4-2-3-6(10)7(11)5-9/h6H,2-5H2,1H3. The summed E-state index contributed by atoms with van der Waals surface area (Å²) in [5.41, 5.74) is 0. The van der Waals surface area contributed by atoms with Crippen molar-refractivity contribution in [3.8, 4) is 0 Å². The number of ketones is 1. The van der Waals surface area contributed by atoms with Crippen LogP contribution < -0.4 is 0 Å². The molecule has 0 aliphatic carbocycles. The average Bonchev–Trinajstić information content (AvgIpc) is 2.63. The molecule has 0 radical (unpaired) electrons. The van der Waals surface area contributed by atoms with Crippen molar-refractivity contribution in [1.29, 1.82) is 0 Å². The number of nitrogens with zero attached hydrogens (tertiary/aromatic N) is 1. The number of carbonyl (C=O) groups is 2. The Morgan fingerprint density at radius 3 is 2.85 bits per heavy atom. The highest BCUT2D eigenvalue weighted by Crippen LogP contribution is 2.19. The Labute approximate surface area is 85.4 Å². The molecule has 0 bridgehead atoms. The van der Waals surface area contributed by atoms with Gasteiger partial charge in [-0.05, 0) is 12.8 Å². The molecule has 0 saturated carbocycles. The molecule has 1 rings (SSSR count). The lowest BCUT2D eigenvalue weighted by atomic mass is 10.1. The first-order chi connectivity index (χ1) is 6.20. The van der Waals surface area contributed by atoms with Crippen molar-refractivity contribution < 1.29 is 14.3 Å². The zero-order valence-corrected chi connectivity index (χ0v) is 9.04. The van der Waals surface area contributed by atoms with Gasteiger partial charge in [0.1, 0.15) is 0 Å². The second-order valence-corrected chi connectivity index (χ2v) is 3.48. The molecule has 1 aliphatic heterocycles. The third-order valence-electron chi connectivity index (χ3n) is 2.17. The summed E-state index contributed by atoms with van der Waals surface area (Å²) in [6, 6.07) is -0.285. The number of alkyl halides is 1. The number of likely N-dealkylation sites (tertiary alicyclic amines) is 1. The Bertz CT molecular complexity index is 197. The zero-order chi connectivity index (χ0) is 9.84. The highest BCUT2D eigenvalue weighted by atomic mass is 79.9. The van der Waals surface area contributed by atoms with Gasteiger partial charge in [0.15, 0.2) is 5.78 Å². The number of methoxy groups -OCH3 is 1. The van der Waals surface area contributed by atoms with E-state index in [-0.39, 0.29) is 11.8 Å². The summed E-state index contributed by atoms with van der Waals surface area (Å²) in [6.45, 7) is 0.621.